The van der Waals surface area contributed by atoms with Gasteiger partial charge in [0.15, 0.2) is 0 Å². The van der Waals surface area contributed by atoms with Crippen LogP contribution in [0, 0.1) is 0 Å². The van der Waals surface area contributed by atoms with Gasteiger partial charge in [-0.1, -0.05) is 0 Å². The van der Waals surface area contributed by atoms with Crippen molar-refractivity contribution in [2.75, 3.05) is 23.0 Å². The molecule has 0 aromatic rings. The van der Waals surface area contributed by atoms with E-state index in [-0.39, 0.29) is 11.7 Å². The van der Waals surface area contributed by atoms with E-state index in [1.165, 1.54) is 11.5 Å². The maximum absolute atomic E-state index is 11.1. The number of carbonyl (C=O) groups is 1. The Morgan fingerprint density at radius 1 is 1.24 bits per heavy atom. The number of nitrogens with one attached hydrogen (secondary N) is 1. The fourth-order valence-corrected chi connectivity index (χ4v) is 2.19. The number of hydrogen-bond acceptors (Lipinski definition) is 5. The molecule has 0 aliphatic carbocycles. The number of thioether (sulfide) groups is 2. The quantitative estimate of drug-likeness (QED) is 0.764. The van der Waals surface area contributed by atoms with Gasteiger partial charge in [0.05, 0.1) is 6.04 Å². The molecule has 0 aromatic carbocycles. The largest absolute Gasteiger partial charge is 0.444 e. The standard InChI is InChI=1S/C8H15NO2S.C3H7NS/c1-8(2,3)11-7(10)9-6-4-12-5-6;4-3-1-5-2-3/h6H,4-5H2,1-3H3,(H,9,10);3H,1-2,4H2. The third kappa shape index (κ3) is 7.06. The summed E-state index contributed by atoms with van der Waals surface area (Å²) in [5, 5.41) is 2.79. The highest BCUT2D eigenvalue weighted by molar-refractivity contribution is 8.01. The number of amides is 1. The number of carbonyl (C=O) groups excluding carboxylic acids is 1. The van der Waals surface area contributed by atoms with E-state index in [4.69, 9.17) is 10.5 Å². The Labute approximate surface area is 112 Å². The number of hydrogen-bond donors (Lipinski definition) is 2. The van der Waals surface area contributed by atoms with Crippen molar-refractivity contribution < 1.29 is 9.53 Å². The Morgan fingerprint density at radius 3 is 1.94 bits per heavy atom. The molecule has 100 valence electrons. The Kier molecular flexibility index (Phi) is 5.95. The van der Waals surface area contributed by atoms with Crippen molar-refractivity contribution in [3.8, 4) is 0 Å². The zero-order chi connectivity index (χ0) is 12.9. The summed E-state index contributed by atoms with van der Waals surface area (Å²) in [6, 6.07) is 0.852. The van der Waals surface area contributed by atoms with Gasteiger partial charge in [-0.3, -0.25) is 0 Å². The first-order valence-corrected chi connectivity index (χ1v) is 8.08. The van der Waals surface area contributed by atoms with E-state index in [0.717, 1.165) is 11.5 Å². The van der Waals surface area contributed by atoms with Gasteiger partial charge in [0.1, 0.15) is 5.60 Å². The Balaban J connectivity index is 0.000000239. The molecule has 2 fully saturated rings. The fraction of sp³-hybridized carbons (Fsp3) is 0.909. The first kappa shape index (κ1) is 15.0. The van der Waals surface area contributed by atoms with Crippen molar-refractivity contribution in [2.45, 2.75) is 38.5 Å². The van der Waals surface area contributed by atoms with Crippen LogP contribution in [0.2, 0.25) is 0 Å². The maximum Gasteiger partial charge on any atom is 0.407 e. The molecule has 2 aliphatic rings. The molecule has 0 bridgehead atoms. The van der Waals surface area contributed by atoms with Crippen LogP contribution in [0.1, 0.15) is 20.8 Å². The minimum absolute atomic E-state index is 0.298. The van der Waals surface area contributed by atoms with Crippen LogP contribution in [-0.2, 0) is 4.74 Å². The normalized spacial score (nSPS) is 20.5. The van der Waals surface area contributed by atoms with Crippen LogP contribution in [-0.4, -0.2) is 46.8 Å². The molecular weight excluding hydrogens is 256 g/mol. The molecule has 0 radical (unpaired) electrons. The summed E-state index contributed by atoms with van der Waals surface area (Å²) in [4.78, 5) is 11.1. The van der Waals surface area contributed by atoms with Crippen molar-refractivity contribution in [3.05, 3.63) is 0 Å². The van der Waals surface area contributed by atoms with E-state index < -0.39 is 0 Å². The molecule has 2 aliphatic heterocycles. The highest BCUT2D eigenvalue weighted by Crippen LogP contribution is 2.17. The Bertz CT molecular complexity index is 248. The molecule has 3 N–H and O–H groups in total. The van der Waals surface area contributed by atoms with Gasteiger partial charge in [-0.2, -0.15) is 23.5 Å². The Morgan fingerprint density at radius 2 is 1.71 bits per heavy atom. The molecule has 0 spiro atoms. The fourth-order valence-electron chi connectivity index (χ4n) is 1.05. The van der Waals surface area contributed by atoms with Gasteiger partial charge in [0.25, 0.3) is 0 Å². The number of alkyl carbamates (subject to hydrolysis) is 1. The predicted molar refractivity (Wildman–Crippen MR) is 75.8 cm³/mol. The number of rotatable bonds is 1. The van der Waals surface area contributed by atoms with E-state index in [1.807, 2.05) is 44.3 Å². The van der Waals surface area contributed by atoms with Crippen molar-refractivity contribution >= 4 is 29.6 Å². The van der Waals surface area contributed by atoms with Gasteiger partial charge in [-0.25, -0.2) is 4.79 Å². The molecule has 2 heterocycles. The van der Waals surface area contributed by atoms with Crippen LogP contribution in [0.15, 0.2) is 0 Å². The van der Waals surface area contributed by atoms with Crippen molar-refractivity contribution in [3.63, 3.8) is 0 Å². The molecule has 0 saturated carbocycles. The summed E-state index contributed by atoms with van der Waals surface area (Å²) >= 11 is 3.75. The van der Waals surface area contributed by atoms with Gasteiger partial charge in [-0.05, 0) is 20.8 Å². The third-order valence-electron chi connectivity index (χ3n) is 2.02. The lowest BCUT2D eigenvalue weighted by Crippen LogP contribution is -2.45. The summed E-state index contributed by atoms with van der Waals surface area (Å²) < 4.78 is 5.08. The average Bonchev–Trinajstić information content (AvgIpc) is 2.06. The van der Waals surface area contributed by atoms with Gasteiger partial charge >= 0.3 is 6.09 Å². The zero-order valence-corrected chi connectivity index (χ0v) is 12.3. The number of nitrogens with two attached hydrogens (primary N) is 1. The highest BCUT2D eigenvalue weighted by Gasteiger charge is 2.23. The molecule has 17 heavy (non-hydrogen) atoms. The summed E-state index contributed by atoms with van der Waals surface area (Å²) in [5.41, 5.74) is 4.97. The van der Waals surface area contributed by atoms with Crippen LogP contribution in [0.4, 0.5) is 4.79 Å². The van der Waals surface area contributed by atoms with E-state index in [1.54, 1.807) is 0 Å². The molecule has 0 atom stereocenters. The maximum atomic E-state index is 11.1. The first-order valence-electron chi connectivity index (χ1n) is 5.77. The van der Waals surface area contributed by atoms with Gasteiger partial charge in [-0.15, -0.1) is 0 Å². The van der Waals surface area contributed by atoms with Crippen LogP contribution in [0.5, 0.6) is 0 Å². The Hall–Kier alpha value is -0.0700. The molecule has 0 unspecified atom stereocenters. The van der Waals surface area contributed by atoms with Gasteiger partial charge in [0, 0.05) is 29.1 Å². The van der Waals surface area contributed by atoms with Crippen molar-refractivity contribution in [1.29, 1.82) is 0 Å². The second-order valence-corrected chi connectivity index (χ2v) is 7.33. The minimum Gasteiger partial charge on any atom is -0.444 e. The lowest BCUT2D eigenvalue weighted by atomic mass is 10.2. The van der Waals surface area contributed by atoms with E-state index in [9.17, 15) is 4.79 Å². The number of ether oxygens (including phenoxy) is 1. The van der Waals surface area contributed by atoms with Gasteiger partial charge < -0.3 is 15.8 Å². The molecule has 6 heteroatoms. The second kappa shape index (κ2) is 6.75. The van der Waals surface area contributed by atoms with Gasteiger partial charge in [0.2, 0.25) is 0 Å². The van der Waals surface area contributed by atoms with Crippen LogP contribution < -0.4 is 11.1 Å². The highest BCUT2D eigenvalue weighted by atomic mass is 32.2. The third-order valence-corrected chi connectivity index (χ3v) is 4.63. The van der Waals surface area contributed by atoms with Crippen LogP contribution in [0.25, 0.3) is 0 Å². The SMILES string of the molecule is CC(C)(C)OC(=O)NC1CSC1.NC1CSC1. The summed E-state index contributed by atoms with van der Waals surface area (Å²) in [5.74, 6) is 4.39. The molecule has 0 aromatic heterocycles. The first-order chi connectivity index (χ1) is 7.87. The van der Waals surface area contributed by atoms with Crippen molar-refractivity contribution in [2.24, 2.45) is 5.73 Å². The lowest BCUT2D eigenvalue weighted by molar-refractivity contribution is 0.0512. The van der Waals surface area contributed by atoms with E-state index in [2.05, 4.69) is 5.32 Å². The lowest BCUT2D eigenvalue weighted by Gasteiger charge is -2.27. The zero-order valence-electron chi connectivity index (χ0n) is 10.7. The van der Waals surface area contributed by atoms with Crippen molar-refractivity contribution in [1.82, 2.24) is 5.32 Å². The minimum atomic E-state index is -0.388. The van der Waals surface area contributed by atoms with Crippen LogP contribution >= 0.6 is 23.5 Å². The van der Waals surface area contributed by atoms with E-state index in [0.29, 0.717) is 12.1 Å². The predicted octanol–water partition coefficient (Wildman–Crippen LogP) is 1.69. The molecule has 4 nitrogen and oxygen atoms in total. The van der Waals surface area contributed by atoms with Crippen LogP contribution in [0.3, 0.4) is 0 Å². The average molecular weight is 278 g/mol. The summed E-state index contributed by atoms with van der Waals surface area (Å²) in [6.45, 7) is 5.59. The molecule has 2 rings (SSSR count). The molecule has 2 saturated heterocycles. The van der Waals surface area contributed by atoms with E-state index >= 15 is 0 Å². The second-order valence-electron chi connectivity index (χ2n) is 5.18. The smallest absolute Gasteiger partial charge is 0.407 e. The topological polar surface area (TPSA) is 64.3 Å². The molecule has 1 amide bonds. The summed E-state index contributed by atoms with van der Waals surface area (Å²) in [6.07, 6.45) is -0.298. The monoisotopic (exact) mass is 278 g/mol. The molecular formula is C11H22N2O2S2. The summed E-state index contributed by atoms with van der Waals surface area (Å²) in [7, 11) is 0.